The molecule has 0 spiro atoms. The van der Waals surface area contributed by atoms with Crippen molar-refractivity contribution in [2.45, 2.75) is 64.6 Å². The summed E-state index contributed by atoms with van der Waals surface area (Å²) in [7, 11) is 0. The predicted molar refractivity (Wildman–Crippen MR) is 73.7 cm³/mol. The highest BCUT2D eigenvalue weighted by molar-refractivity contribution is 5.79. The van der Waals surface area contributed by atoms with Crippen LogP contribution in [0, 0.1) is 11.3 Å². The summed E-state index contributed by atoms with van der Waals surface area (Å²) in [5, 5.41) is 13.4. The minimum Gasteiger partial charge on any atom is -0.388 e. The molecule has 2 aliphatic rings. The van der Waals surface area contributed by atoms with E-state index in [1.165, 1.54) is 0 Å². The molecular weight excluding hydrogens is 242 g/mol. The van der Waals surface area contributed by atoms with Gasteiger partial charge in [-0.05, 0) is 44.4 Å². The van der Waals surface area contributed by atoms with Crippen molar-refractivity contribution >= 4 is 5.91 Å². The van der Waals surface area contributed by atoms with Gasteiger partial charge in [0.1, 0.15) is 0 Å². The Morgan fingerprint density at radius 1 is 1.32 bits per heavy atom. The highest BCUT2D eigenvalue weighted by Crippen LogP contribution is 2.39. The molecule has 2 fully saturated rings. The molecule has 2 unspecified atom stereocenters. The Morgan fingerprint density at radius 2 is 1.95 bits per heavy atom. The van der Waals surface area contributed by atoms with E-state index < -0.39 is 5.60 Å². The summed E-state index contributed by atoms with van der Waals surface area (Å²) in [6, 6.07) is 0. The maximum absolute atomic E-state index is 12.1. The second-order valence-corrected chi connectivity index (χ2v) is 7.08. The number of hydrogen-bond acceptors (Lipinski definition) is 3. The van der Waals surface area contributed by atoms with E-state index in [0.717, 1.165) is 32.1 Å². The van der Waals surface area contributed by atoms with Gasteiger partial charge in [-0.2, -0.15) is 0 Å². The fraction of sp³-hybridized carbons (Fsp3) is 0.933. The highest BCUT2D eigenvalue weighted by Gasteiger charge is 2.38. The van der Waals surface area contributed by atoms with Crippen molar-refractivity contribution in [1.82, 2.24) is 5.32 Å². The van der Waals surface area contributed by atoms with Gasteiger partial charge < -0.3 is 15.2 Å². The van der Waals surface area contributed by atoms with Gasteiger partial charge in [0.05, 0.1) is 17.6 Å². The van der Waals surface area contributed by atoms with Crippen LogP contribution in [0.5, 0.6) is 0 Å². The topological polar surface area (TPSA) is 58.6 Å². The molecule has 0 aromatic heterocycles. The average Bonchev–Trinajstić information content (AvgIpc) is 2.77. The van der Waals surface area contributed by atoms with E-state index in [9.17, 15) is 9.90 Å². The van der Waals surface area contributed by atoms with Crippen molar-refractivity contribution in [3.63, 3.8) is 0 Å². The molecule has 0 radical (unpaired) electrons. The minimum absolute atomic E-state index is 0.0000629. The first-order chi connectivity index (χ1) is 8.81. The van der Waals surface area contributed by atoms with E-state index in [1.807, 2.05) is 6.92 Å². The lowest BCUT2D eigenvalue weighted by molar-refractivity contribution is -0.128. The van der Waals surface area contributed by atoms with E-state index in [0.29, 0.717) is 18.6 Å². The zero-order chi connectivity index (χ0) is 14.1. The van der Waals surface area contributed by atoms with Gasteiger partial charge in [0, 0.05) is 13.2 Å². The second-order valence-electron chi connectivity index (χ2n) is 7.08. The molecule has 1 saturated heterocycles. The van der Waals surface area contributed by atoms with Crippen LogP contribution in [0.3, 0.4) is 0 Å². The Morgan fingerprint density at radius 3 is 2.47 bits per heavy atom. The SMILES string of the molecule is CC1OCCC1C(=O)NCC1(O)CCC(C)(C)CC1. The predicted octanol–water partition coefficient (Wildman–Crippen LogP) is 1.86. The Hall–Kier alpha value is -0.610. The molecule has 1 aliphatic carbocycles. The van der Waals surface area contributed by atoms with Gasteiger partial charge in [0.25, 0.3) is 0 Å². The standard InChI is InChI=1S/C15H27NO3/c1-11-12(4-9-19-11)13(17)16-10-15(18)7-5-14(2,3)6-8-15/h11-12,18H,4-10H2,1-3H3,(H,16,17). The van der Waals surface area contributed by atoms with Gasteiger partial charge in [-0.25, -0.2) is 0 Å². The van der Waals surface area contributed by atoms with Crippen LogP contribution in [0.2, 0.25) is 0 Å². The molecule has 19 heavy (non-hydrogen) atoms. The average molecular weight is 269 g/mol. The van der Waals surface area contributed by atoms with Crippen LogP contribution >= 0.6 is 0 Å². The Bertz CT molecular complexity index is 330. The van der Waals surface area contributed by atoms with Crippen molar-refractivity contribution in [3.05, 3.63) is 0 Å². The third kappa shape index (κ3) is 3.69. The molecular formula is C15H27NO3. The molecule has 0 aromatic carbocycles. The van der Waals surface area contributed by atoms with Crippen LogP contribution in [0.4, 0.5) is 0 Å². The summed E-state index contributed by atoms with van der Waals surface area (Å²) in [6.07, 6.45) is 4.37. The molecule has 2 rings (SSSR count). The van der Waals surface area contributed by atoms with Crippen LogP contribution in [-0.2, 0) is 9.53 Å². The molecule has 110 valence electrons. The lowest BCUT2D eigenvalue weighted by Crippen LogP contribution is -2.48. The summed E-state index contributed by atoms with van der Waals surface area (Å²) >= 11 is 0. The molecule has 0 bridgehead atoms. The smallest absolute Gasteiger partial charge is 0.225 e. The minimum atomic E-state index is -0.714. The maximum Gasteiger partial charge on any atom is 0.225 e. The number of amides is 1. The molecule has 1 heterocycles. The van der Waals surface area contributed by atoms with Gasteiger partial charge >= 0.3 is 0 Å². The maximum atomic E-state index is 12.1. The number of ether oxygens (including phenoxy) is 1. The molecule has 0 aromatic rings. The molecule has 4 nitrogen and oxygen atoms in total. The molecule has 2 atom stereocenters. The summed E-state index contributed by atoms with van der Waals surface area (Å²) < 4.78 is 5.41. The third-order valence-electron chi connectivity index (χ3n) is 4.84. The Balaban J connectivity index is 1.80. The summed E-state index contributed by atoms with van der Waals surface area (Å²) in [6.45, 7) is 7.46. The first-order valence-corrected chi connectivity index (χ1v) is 7.43. The van der Waals surface area contributed by atoms with Crippen LogP contribution < -0.4 is 5.32 Å². The van der Waals surface area contributed by atoms with Gasteiger partial charge in [-0.3, -0.25) is 4.79 Å². The molecule has 4 heteroatoms. The van der Waals surface area contributed by atoms with Crippen LogP contribution in [-0.4, -0.2) is 35.9 Å². The Labute approximate surface area is 115 Å². The van der Waals surface area contributed by atoms with Gasteiger partial charge in [0.15, 0.2) is 0 Å². The van der Waals surface area contributed by atoms with Gasteiger partial charge in [0.2, 0.25) is 5.91 Å². The fourth-order valence-electron chi connectivity index (χ4n) is 3.03. The largest absolute Gasteiger partial charge is 0.388 e. The lowest BCUT2D eigenvalue weighted by atomic mass is 9.71. The number of rotatable bonds is 3. The molecule has 1 amide bonds. The first-order valence-electron chi connectivity index (χ1n) is 7.43. The normalized spacial score (nSPS) is 33.1. The van der Waals surface area contributed by atoms with Crippen molar-refractivity contribution < 1.29 is 14.6 Å². The summed E-state index contributed by atoms with van der Waals surface area (Å²) in [5.41, 5.74) is -0.391. The van der Waals surface area contributed by atoms with Crippen LogP contribution in [0.25, 0.3) is 0 Å². The summed E-state index contributed by atoms with van der Waals surface area (Å²) in [4.78, 5) is 12.1. The zero-order valence-corrected chi connectivity index (χ0v) is 12.4. The monoisotopic (exact) mass is 269 g/mol. The molecule has 1 aliphatic heterocycles. The van der Waals surface area contributed by atoms with E-state index in [-0.39, 0.29) is 17.9 Å². The zero-order valence-electron chi connectivity index (χ0n) is 12.4. The number of hydrogen-bond donors (Lipinski definition) is 2. The van der Waals surface area contributed by atoms with E-state index in [1.54, 1.807) is 0 Å². The number of carbonyl (C=O) groups excluding carboxylic acids is 1. The van der Waals surface area contributed by atoms with Crippen LogP contribution in [0.15, 0.2) is 0 Å². The van der Waals surface area contributed by atoms with E-state index >= 15 is 0 Å². The van der Waals surface area contributed by atoms with Crippen molar-refractivity contribution in [3.8, 4) is 0 Å². The first kappa shape index (κ1) is 14.8. The van der Waals surface area contributed by atoms with E-state index in [2.05, 4.69) is 19.2 Å². The van der Waals surface area contributed by atoms with Crippen molar-refractivity contribution in [2.75, 3.05) is 13.2 Å². The quantitative estimate of drug-likeness (QED) is 0.822. The molecule has 1 saturated carbocycles. The lowest BCUT2D eigenvalue weighted by Gasteiger charge is -2.40. The second kappa shape index (κ2) is 5.41. The number of carbonyl (C=O) groups is 1. The van der Waals surface area contributed by atoms with Crippen molar-refractivity contribution in [1.29, 1.82) is 0 Å². The number of nitrogens with one attached hydrogen (secondary N) is 1. The Kier molecular flexibility index (Phi) is 4.21. The van der Waals surface area contributed by atoms with E-state index in [4.69, 9.17) is 4.74 Å². The van der Waals surface area contributed by atoms with Gasteiger partial charge in [-0.15, -0.1) is 0 Å². The fourth-order valence-corrected chi connectivity index (χ4v) is 3.03. The van der Waals surface area contributed by atoms with Crippen molar-refractivity contribution in [2.24, 2.45) is 11.3 Å². The summed E-state index contributed by atoms with van der Waals surface area (Å²) in [5.74, 6) is -0.0214. The van der Waals surface area contributed by atoms with Gasteiger partial charge in [-0.1, -0.05) is 13.8 Å². The molecule has 2 N–H and O–H groups in total. The third-order valence-corrected chi connectivity index (χ3v) is 4.84. The number of aliphatic hydroxyl groups is 1. The van der Waals surface area contributed by atoms with Crippen LogP contribution in [0.1, 0.15) is 52.9 Å². The highest BCUT2D eigenvalue weighted by atomic mass is 16.5.